The van der Waals surface area contributed by atoms with Crippen LogP contribution >= 0.6 is 22.7 Å². The van der Waals surface area contributed by atoms with E-state index in [1.165, 1.54) is 32.5 Å². The lowest BCUT2D eigenvalue weighted by Crippen LogP contribution is -2.41. The van der Waals surface area contributed by atoms with E-state index in [4.69, 9.17) is 4.74 Å². The van der Waals surface area contributed by atoms with Gasteiger partial charge < -0.3 is 10.1 Å². The smallest absolute Gasteiger partial charge is 0.341 e. The van der Waals surface area contributed by atoms with Crippen molar-refractivity contribution in [3.63, 3.8) is 0 Å². The van der Waals surface area contributed by atoms with Crippen LogP contribution in [0.15, 0.2) is 52.1 Å². The molecule has 0 bridgehead atoms. The molecule has 0 radical (unpaired) electrons. The molecule has 1 N–H and O–H groups in total. The van der Waals surface area contributed by atoms with E-state index < -0.39 is 16.0 Å². The average molecular weight is 574 g/mol. The standard InChI is InChI=1S/C27H31N3O5S3/c1-2-35-27(32)24-21-12-13-29(17-19-7-4-3-5-8-19)18-22(21)37-26(24)28-25(31)20-10-14-30(15-11-20)38(33,34)23-9-6-16-36-23/h3-9,16,20H,2,10-15,17-18H2,1H3,(H,28,31). The first kappa shape index (κ1) is 27.0. The van der Waals surface area contributed by atoms with Gasteiger partial charge in [-0.25, -0.2) is 13.2 Å². The summed E-state index contributed by atoms with van der Waals surface area (Å²) in [7, 11) is -3.52. The minimum Gasteiger partial charge on any atom is -0.462 e. The molecule has 1 amide bonds. The lowest BCUT2D eigenvalue weighted by atomic mass is 9.97. The Morgan fingerprint density at radius 1 is 1.08 bits per heavy atom. The zero-order valence-electron chi connectivity index (χ0n) is 21.2. The number of thiophene rings is 2. The molecule has 2 aliphatic heterocycles. The summed E-state index contributed by atoms with van der Waals surface area (Å²) in [6, 6.07) is 13.6. The second kappa shape index (κ2) is 11.7. The predicted octanol–water partition coefficient (Wildman–Crippen LogP) is 4.58. The van der Waals surface area contributed by atoms with E-state index in [1.807, 2.05) is 18.2 Å². The van der Waals surface area contributed by atoms with E-state index >= 15 is 0 Å². The molecule has 202 valence electrons. The van der Waals surface area contributed by atoms with E-state index in [2.05, 4.69) is 22.3 Å². The van der Waals surface area contributed by atoms with Crippen molar-refractivity contribution >= 4 is 49.6 Å². The number of nitrogens with zero attached hydrogens (tertiary/aromatic N) is 2. The maximum Gasteiger partial charge on any atom is 0.341 e. The molecule has 4 heterocycles. The molecule has 1 aromatic carbocycles. The minimum atomic E-state index is -3.52. The van der Waals surface area contributed by atoms with Crippen LogP contribution in [0.25, 0.3) is 0 Å². The highest BCUT2D eigenvalue weighted by molar-refractivity contribution is 7.91. The van der Waals surface area contributed by atoms with Gasteiger partial charge in [-0.3, -0.25) is 9.69 Å². The number of benzene rings is 1. The van der Waals surface area contributed by atoms with Crippen molar-refractivity contribution in [1.82, 2.24) is 9.21 Å². The Kier molecular flexibility index (Phi) is 8.29. The second-order valence-electron chi connectivity index (χ2n) is 9.47. The molecule has 0 aliphatic carbocycles. The van der Waals surface area contributed by atoms with Crippen LogP contribution in [0.1, 0.15) is 46.1 Å². The van der Waals surface area contributed by atoms with Crippen molar-refractivity contribution in [2.75, 3.05) is 31.6 Å². The lowest BCUT2D eigenvalue weighted by molar-refractivity contribution is -0.120. The number of amides is 1. The number of rotatable bonds is 8. The largest absolute Gasteiger partial charge is 0.462 e. The van der Waals surface area contributed by atoms with Crippen LogP contribution < -0.4 is 5.32 Å². The fourth-order valence-electron chi connectivity index (χ4n) is 5.05. The van der Waals surface area contributed by atoms with Crippen molar-refractivity contribution in [3.8, 4) is 0 Å². The maximum absolute atomic E-state index is 13.3. The monoisotopic (exact) mass is 573 g/mol. The van der Waals surface area contributed by atoms with Crippen molar-refractivity contribution in [2.45, 2.75) is 43.5 Å². The fraction of sp³-hybridized carbons (Fsp3) is 0.407. The number of nitrogens with one attached hydrogen (secondary N) is 1. The molecule has 1 saturated heterocycles. The number of sulfonamides is 1. The molecular weight excluding hydrogens is 543 g/mol. The van der Waals surface area contributed by atoms with Gasteiger partial charge in [0.05, 0.1) is 12.2 Å². The lowest BCUT2D eigenvalue weighted by Gasteiger charge is -2.30. The zero-order chi connectivity index (χ0) is 26.7. The zero-order valence-corrected chi connectivity index (χ0v) is 23.7. The number of carbonyl (C=O) groups is 2. The number of hydrogen-bond donors (Lipinski definition) is 1. The molecule has 8 nitrogen and oxygen atoms in total. The third-order valence-electron chi connectivity index (χ3n) is 7.02. The summed E-state index contributed by atoms with van der Waals surface area (Å²) in [5, 5.41) is 5.30. The molecule has 0 unspecified atom stereocenters. The van der Waals surface area contributed by atoms with Crippen molar-refractivity contribution in [3.05, 3.63) is 69.4 Å². The summed E-state index contributed by atoms with van der Waals surface area (Å²) in [6.07, 6.45) is 1.57. The van der Waals surface area contributed by atoms with Crippen molar-refractivity contribution < 1.29 is 22.7 Å². The molecule has 0 saturated carbocycles. The fourth-order valence-corrected chi connectivity index (χ4v) is 8.95. The first-order chi connectivity index (χ1) is 18.4. The Morgan fingerprint density at radius 2 is 1.84 bits per heavy atom. The van der Waals surface area contributed by atoms with Crippen LogP contribution in [0.3, 0.4) is 0 Å². The van der Waals surface area contributed by atoms with Crippen molar-refractivity contribution in [1.29, 1.82) is 0 Å². The third kappa shape index (κ3) is 5.72. The average Bonchev–Trinajstić information content (AvgIpc) is 3.58. The van der Waals surface area contributed by atoms with Gasteiger partial charge in [0.1, 0.15) is 9.21 Å². The Bertz CT molecular complexity index is 1380. The summed E-state index contributed by atoms with van der Waals surface area (Å²) >= 11 is 2.65. The van der Waals surface area contributed by atoms with E-state index in [0.29, 0.717) is 53.7 Å². The van der Waals surface area contributed by atoms with Crippen LogP contribution in [-0.4, -0.2) is 55.7 Å². The van der Waals surface area contributed by atoms with Gasteiger partial charge >= 0.3 is 5.97 Å². The highest BCUT2D eigenvalue weighted by Crippen LogP contribution is 2.39. The molecule has 0 atom stereocenters. The van der Waals surface area contributed by atoms with Crippen LogP contribution in [-0.2, 0) is 39.1 Å². The van der Waals surface area contributed by atoms with Gasteiger partial charge in [0.15, 0.2) is 0 Å². The molecule has 3 aromatic rings. The van der Waals surface area contributed by atoms with Gasteiger partial charge in [0.25, 0.3) is 10.0 Å². The van der Waals surface area contributed by atoms with Crippen LogP contribution in [0.4, 0.5) is 5.00 Å². The van der Waals surface area contributed by atoms with Crippen LogP contribution in [0, 0.1) is 5.92 Å². The Morgan fingerprint density at radius 3 is 2.53 bits per heavy atom. The van der Waals surface area contributed by atoms with E-state index in [0.717, 1.165) is 23.5 Å². The van der Waals surface area contributed by atoms with Gasteiger partial charge in [-0.05, 0) is 48.8 Å². The number of fused-ring (bicyclic) bond motifs is 1. The number of hydrogen-bond acceptors (Lipinski definition) is 8. The minimum absolute atomic E-state index is 0.177. The van der Waals surface area contributed by atoms with E-state index in [9.17, 15) is 18.0 Å². The van der Waals surface area contributed by atoms with Gasteiger partial charge in [-0.2, -0.15) is 4.31 Å². The van der Waals surface area contributed by atoms with Gasteiger partial charge in [0, 0.05) is 43.5 Å². The molecule has 38 heavy (non-hydrogen) atoms. The second-order valence-corrected chi connectivity index (χ2v) is 13.7. The first-order valence-electron chi connectivity index (χ1n) is 12.8. The predicted molar refractivity (Wildman–Crippen MR) is 149 cm³/mol. The topological polar surface area (TPSA) is 96.0 Å². The van der Waals surface area contributed by atoms with Gasteiger partial charge in [-0.15, -0.1) is 22.7 Å². The SMILES string of the molecule is CCOC(=O)c1c(NC(=O)C2CCN(S(=O)(=O)c3cccs3)CC2)sc2c1CCN(Cc1ccccc1)C2. The molecule has 11 heteroatoms. The third-order valence-corrected chi connectivity index (χ3v) is 11.4. The molecular formula is C27H31N3O5S3. The Labute approximate surface area is 231 Å². The van der Waals surface area contributed by atoms with E-state index in [1.54, 1.807) is 24.4 Å². The van der Waals surface area contributed by atoms with E-state index in [-0.39, 0.29) is 18.4 Å². The number of carbonyl (C=O) groups excluding carboxylic acids is 2. The quantitative estimate of drug-likeness (QED) is 0.396. The number of esters is 1. The number of piperidine rings is 1. The normalized spacial score (nSPS) is 17.2. The van der Waals surface area contributed by atoms with Crippen LogP contribution in [0.2, 0.25) is 0 Å². The molecule has 2 aromatic heterocycles. The van der Waals surface area contributed by atoms with Gasteiger partial charge in [0.2, 0.25) is 5.91 Å². The summed E-state index contributed by atoms with van der Waals surface area (Å²) in [6.45, 7) is 4.95. The molecule has 2 aliphatic rings. The summed E-state index contributed by atoms with van der Waals surface area (Å²) in [4.78, 5) is 29.6. The molecule has 1 fully saturated rings. The highest BCUT2D eigenvalue weighted by atomic mass is 32.2. The highest BCUT2D eigenvalue weighted by Gasteiger charge is 2.34. The summed E-state index contributed by atoms with van der Waals surface area (Å²) < 4.78 is 32.8. The van der Waals surface area contributed by atoms with Crippen LogP contribution in [0.5, 0.6) is 0 Å². The Balaban J connectivity index is 1.28. The summed E-state index contributed by atoms with van der Waals surface area (Å²) in [5.41, 5.74) is 2.67. The number of ether oxygens (including phenoxy) is 1. The Hall–Kier alpha value is -2.57. The maximum atomic E-state index is 13.3. The first-order valence-corrected chi connectivity index (χ1v) is 15.9. The van der Waals surface area contributed by atoms with Gasteiger partial charge in [-0.1, -0.05) is 36.4 Å². The van der Waals surface area contributed by atoms with Crippen molar-refractivity contribution in [2.24, 2.45) is 5.92 Å². The number of anilines is 1. The summed E-state index contributed by atoms with van der Waals surface area (Å²) in [5.74, 6) is -0.911. The molecule has 5 rings (SSSR count). The molecule has 0 spiro atoms.